The number of hydrogen-bond acceptors (Lipinski definition) is 2. The summed E-state index contributed by atoms with van der Waals surface area (Å²) in [5.41, 5.74) is 1.97. The maximum Gasteiger partial charge on any atom is 0.129 e. The van der Waals surface area contributed by atoms with Crippen LogP contribution in [-0.4, -0.2) is 0 Å². The summed E-state index contributed by atoms with van der Waals surface area (Å²) in [6.07, 6.45) is 0. The van der Waals surface area contributed by atoms with Gasteiger partial charge in [0.2, 0.25) is 0 Å². The summed E-state index contributed by atoms with van der Waals surface area (Å²) in [4.78, 5) is 0. The van der Waals surface area contributed by atoms with E-state index in [0.29, 0.717) is 17.7 Å². The maximum absolute atomic E-state index is 13.6. The third-order valence-corrected chi connectivity index (χ3v) is 2.98. The summed E-state index contributed by atoms with van der Waals surface area (Å²) in [7, 11) is 0. The quantitative estimate of drug-likeness (QED) is 0.927. The minimum atomic E-state index is -0.256. The second-order valence-electron chi connectivity index (χ2n) is 3.78. The van der Waals surface area contributed by atoms with Crippen LogP contribution >= 0.6 is 15.9 Å². The van der Waals surface area contributed by atoms with Crippen molar-refractivity contribution < 1.29 is 4.39 Å². The molecule has 0 amide bonds. The van der Waals surface area contributed by atoms with Gasteiger partial charge >= 0.3 is 0 Å². The minimum Gasteiger partial charge on any atom is -0.381 e. The highest BCUT2D eigenvalue weighted by molar-refractivity contribution is 9.10. The molecule has 0 heterocycles. The molecule has 18 heavy (non-hydrogen) atoms. The van der Waals surface area contributed by atoms with Gasteiger partial charge in [0.15, 0.2) is 0 Å². The second kappa shape index (κ2) is 5.65. The maximum atomic E-state index is 13.6. The third-order valence-electron chi connectivity index (χ3n) is 2.49. The van der Waals surface area contributed by atoms with Crippen molar-refractivity contribution in [3.8, 4) is 6.07 Å². The molecule has 0 saturated heterocycles. The lowest BCUT2D eigenvalue weighted by Gasteiger charge is -2.08. The molecule has 2 aromatic rings. The van der Waals surface area contributed by atoms with Gasteiger partial charge in [-0.05, 0) is 30.3 Å². The van der Waals surface area contributed by atoms with Crippen LogP contribution in [0.4, 0.5) is 10.1 Å². The predicted octanol–water partition coefficient (Wildman–Crippen LogP) is 4.07. The Bertz CT molecular complexity index is 605. The van der Waals surface area contributed by atoms with Gasteiger partial charge in [0, 0.05) is 22.3 Å². The molecule has 0 aromatic heterocycles. The number of hydrogen-bond donors (Lipinski definition) is 1. The minimum absolute atomic E-state index is 0.256. The molecule has 2 aromatic carbocycles. The van der Waals surface area contributed by atoms with E-state index in [-0.39, 0.29) is 5.82 Å². The Morgan fingerprint density at radius 2 is 2.06 bits per heavy atom. The average molecular weight is 305 g/mol. The van der Waals surface area contributed by atoms with Crippen LogP contribution in [0.25, 0.3) is 0 Å². The van der Waals surface area contributed by atoms with Gasteiger partial charge < -0.3 is 5.32 Å². The lowest BCUT2D eigenvalue weighted by molar-refractivity contribution is 0.612. The molecule has 1 N–H and O–H groups in total. The number of nitriles is 1. The Kier molecular flexibility index (Phi) is 3.96. The molecule has 0 fully saturated rings. The van der Waals surface area contributed by atoms with Gasteiger partial charge in [0.25, 0.3) is 0 Å². The van der Waals surface area contributed by atoms with E-state index in [4.69, 9.17) is 5.26 Å². The van der Waals surface area contributed by atoms with E-state index >= 15 is 0 Å². The van der Waals surface area contributed by atoms with Crippen molar-refractivity contribution in [2.75, 3.05) is 5.32 Å². The highest BCUT2D eigenvalue weighted by Gasteiger charge is 2.02. The summed E-state index contributed by atoms with van der Waals surface area (Å²) >= 11 is 3.21. The van der Waals surface area contributed by atoms with Crippen molar-refractivity contribution in [2.45, 2.75) is 6.54 Å². The molecule has 0 aliphatic rings. The zero-order valence-corrected chi connectivity index (χ0v) is 11.0. The van der Waals surface area contributed by atoms with E-state index in [1.807, 2.05) is 6.07 Å². The average Bonchev–Trinajstić information content (AvgIpc) is 2.38. The summed E-state index contributed by atoms with van der Waals surface area (Å²) in [6, 6.07) is 14.1. The van der Waals surface area contributed by atoms with Crippen LogP contribution in [0.3, 0.4) is 0 Å². The SMILES string of the molecule is N#Cc1cccc(NCc2ccc(Br)cc2F)c1. The first-order valence-electron chi connectivity index (χ1n) is 5.37. The van der Waals surface area contributed by atoms with Crippen LogP contribution < -0.4 is 5.32 Å². The van der Waals surface area contributed by atoms with E-state index in [0.717, 1.165) is 10.2 Å². The van der Waals surface area contributed by atoms with Gasteiger partial charge in [0.05, 0.1) is 11.6 Å². The number of nitrogens with one attached hydrogen (secondary N) is 1. The highest BCUT2D eigenvalue weighted by atomic mass is 79.9. The number of anilines is 1. The standard InChI is InChI=1S/C14H10BrFN2/c15-12-5-4-11(14(16)7-12)9-18-13-3-1-2-10(6-13)8-17/h1-7,18H,9H2. The molecule has 0 unspecified atom stereocenters. The summed E-state index contributed by atoms with van der Waals surface area (Å²) in [6.45, 7) is 0.383. The number of benzene rings is 2. The van der Waals surface area contributed by atoms with Crippen LogP contribution in [0.15, 0.2) is 46.9 Å². The first kappa shape index (κ1) is 12.6. The van der Waals surface area contributed by atoms with E-state index < -0.39 is 0 Å². The zero-order valence-electron chi connectivity index (χ0n) is 9.45. The van der Waals surface area contributed by atoms with E-state index in [2.05, 4.69) is 27.3 Å². The monoisotopic (exact) mass is 304 g/mol. The predicted molar refractivity (Wildman–Crippen MR) is 72.6 cm³/mol. The lowest BCUT2D eigenvalue weighted by atomic mass is 10.2. The van der Waals surface area contributed by atoms with Crippen LogP contribution in [0.1, 0.15) is 11.1 Å². The van der Waals surface area contributed by atoms with E-state index in [9.17, 15) is 4.39 Å². The van der Waals surface area contributed by atoms with Gasteiger partial charge in [-0.1, -0.05) is 28.1 Å². The number of rotatable bonds is 3. The molecule has 0 bridgehead atoms. The van der Waals surface area contributed by atoms with Crippen molar-refractivity contribution in [2.24, 2.45) is 0 Å². The van der Waals surface area contributed by atoms with E-state index in [1.54, 1.807) is 30.3 Å². The van der Waals surface area contributed by atoms with Gasteiger partial charge in [-0.15, -0.1) is 0 Å². The van der Waals surface area contributed by atoms with Crippen molar-refractivity contribution in [3.05, 3.63) is 63.9 Å². The van der Waals surface area contributed by atoms with Gasteiger partial charge in [-0.25, -0.2) is 4.39 Å². The summed E-state index contributed by atoms with van der Waals surface area (Å²) in [5, 5.41) is 11.9. The highest BCUT2D eigenvalue weighted by Crippen LogP contribution is 2.17. The summed E-state index contributed by atoms with van der Waals surface area (Å²) < 4.78 is 14.3. The first-order valence-corrected chi connectivity index (χ1v) is 6.16. The van der Waals surface area contributed by atoms with Crippen molar-refractivity contribution in [3.63, 3.8) is 0 Å². The number of halogens is 2. The van der Waals surface area contributed by atoms with Gasteiger partial charge in [-0.2, -0.15) is 5.26 Å². The van der Waals surface area contributed by atoms with Gasteiger partial charge in [0.1, 0.15) is 5.82 Å². The van der Waals surface area contributed by atoms with Crippen molar-refractivity contribution in [1.82, 2.24) is 0 Å². The fraction of sp³-hybridized carbons (Fsp3) is 0.0714. The molecule has 4 heteroatoms. The molecule has 0 atom stereocenters. The normalized spacial score (nSPS) is 9.83. The molecule has 0 aliphatic heterocycles. The molecule has 0 radical (unpaired) electrons. The van der Waals surface area contributed by atoms with Crippen LogP contribution in [0.5, 0.6) is 0 Å². The molecule has 2 rings (SSSR count). The third kappa shape index (κ3) is 3.08. The summed E-state index contributed by atoms with van der Waals surface area (Å²) in [5.74, 6) is -0.256. The Balaban J connectivity index is 2.09. The Hall–Kier alpha value is -1.86. The van der Waals surface area contributed by atoms with E-state index in [1.165, 1.54) is 6.07 Å². The number of nitrogens with zero attached hydrogens (tertiary/aromatic N) is 1. The van der Waals surface area contributed by atoms with Crippen molar-refractivity contribution in [1.29, 1.82) is 5.26 Å². The molecular weight excluding hydrogens is 295 g/mol. The van der Waals surface area contributed by atoms with Crippen LogP contribution in [0, 0.1) is 17.1 Å². The molecule has 90 valence electrons. The Labute approximate surface area is 113 Å². The fourth-order valence-corrected chi connectivity index (χ4v) is 1.89. The topological polar surface area (TPSA) is 35.8 Å². The van der Waals surface area contributed by atoms with Crippen LogP contribution in [0.2, 0.25) is 0 Å². The Morgan fingerprint density at radius 3 is 2.78 bits per heavy atom. The molecule has 0 spiro atoms. The molecule has 2 nitrogen and oxygen atoms in total. The van der Waals surface area contributed by atoms with Crippen LogP contribution in [-0.2, 0) is 6.54 Å². The fourth-order valence-electron chi connectivity index (χ4n) is 1.56. The van der Waals surface area contributed by atoms with Gasteiger partial charge in [-0.3, -0.25) is 0 Å². The first-order chi connectivity index (χ1) is 8.69. The molecular formula is C14H10BrFN2. The molecule has 0 saturated carbocycles. The molecule has 0 aliphatic carbocycles. The lowest BCUT2D eigenvalue weighted by Crippen LogP contribution is -2.01. The van der Waals surface area contributed by atoms with Crippen molar-refractivity contribution >= 4 is 21.6 Å². The Morgan fingerprint density at radius 1 is 1.22 bits per heavy atom. The second-order valence-corrected chi connectivity index (χ2v) is 4.70. The largest absolute Gasteiger partial charge is 0.381 e. The zero-order chi connectivity index (χ0) is 13.0. The smallest absolute Gasteiger partial charge is 0.129 e.